The normalized spacial score (nSPS) is 33.5. The van der Waals surface area contributed by atoms with Gasteiger partial charge in [0.05, 0.1) is 44.5 Å². The Morgan fingerprint density at radius 1 is 0.581 bits per heavy atom. The van der Waals surface area contributed by atoms with Crippen LogP contribution in [-0.4, -0.2) is 176 Å². The molecule has 5 rings (SSSR count). The van der Waals surface area contributed by atoms with Crippen molar-refractivity contribution in [3.8, 4) is 0 Å². The molecule has 26 nitrogen and oxygen atoms in total. The number of rotatable bonds is 21. The summed E-state index contributed by atoms with van der Waals surface area (Å²) in [6.45, 7) is 13.6. The quantitative estimate of drug-likeness (QED) is 0.0681. The average molecular weight is 1060 g/mol. The lowest BCUT2D eigenvalue weighted by atomic mass is 9.81. The Hall–Kier alpha value is -6.00. The highest BCUT2D eigenvalue weighted by atomic mass is 16.8. The van der Waals surface area contributed by atoms with Gasteiger partial charge in [0.1, 0.15) is 24.9 Å². The van der Waals surface area contributed by atoms with Gasteiger partial charge >= 0.3 is 47.8 Å². The van der Waals surface area contributed by atoms with E-state index in [9.17, 15) is 38.4 Å². The number of hydrogen-bond acceptors (Lipinski definition) is 26. The minimum atomic E-state index is -1.71. The van der Waals surface area contributed by atoms with E-state index in [2.05, 4.69) is 13.2 Å². The van der Waals surface area contributed by atoms with Gasteiger partial charge in [0, 0.05) is 92.3 Å². The van der Waals surface area contributed by atoms with Crippen LogP contribution in [0.5, 0.6) is 0 Å². The van der Waals surface area contributed by atoms with Gasteiger partial charge in [0.25, 0.3) is 0 Å². The van der Waals surface area contributed by atoms with Crippen LogP contribution in [0, 0.1) is 23.7 Å². The van der Waals surface area contributed by atoms with Gasteiger partial charge in [-0.25, -0.2) is 9.59 Å². The number of carbonyl (C=O) groups is 8. The van der Waals surface area contributed by atoms with E-state index in [4.69, 9.17) is 85.3 Å². The van der Waals surface area contributed by atoms with Crippen molar-refractivity contribution < 1.29 is 124 Å². The molecule has 5 aliphatic heterocycles. The van der Waals surface area contributed by atoms with Crippen molar-refractivity contribution in [2.24, 2.45) is 23.7 Å². The lowest BCUT2D eigenvalue weighted by Crippen LogP contribution is -2.66. The zero-order valence-electron chi connectivity index (χ0n) is 42.6. The largest absolute Gasteiger partial charge is 0.471 e. The highest BCUT2D eigenvalue weighted by Crippen LogP contribution is 2.43. The molecule has 0 aliphatic carbocycles. The molecule has 17 atom stereocenters. The molecule has 0 spiro atoms. The molecule has 0 amide bonds. The molecule has 0 N–H and O–H groups in total. The average Bonchev–Trinajstić information content (AvgIpc) is 3.34. The summed E-state index contributed by atoms with van der Waals surface area (Å²) in [6, 6.07) is 0. The molecule has 412 valence electrons. The van der Waals surface area contributed by atoms with Crippen molar-refractivity contribution in [1.29, 1.82) is 0 Å². The van der Waals surface area contributed by atoms with Crippen molar-refractivity contribution in [2.45, 2.75) is 141 Å². The van der Waals surface area contributed by atoms with Crippen LogP contribution < -0.4 is 0 Å². The maximum atomic E-state index is 13.4. The summed E-state index contributed by atoms with van der Waals surface area (Å²) < 4.78 is 104. The molecule has 0 aromatic heterocycles. The van der Waals surface area contributed by atoms with Crippen molar-refractivity contribution >= 4 is 47.8 Å². The molecule has 0 aromatic carbocycles. The Labute approximate surface area is 425 Å². The predicted octanol–water partition coefficient (Wildman–Crippen LogP) is 1.49. The number of ether oxygens (including phenoxy) is 18. The van der Waals surface area contributed by atoms with Crippen molar-refractivity contribution in [3.63, 3.8) is 0 Å². The summed E-state index contributed by atoms with van der Waals surface area (Å²) in [5.41, 5.74) is 0.0764. The van der Waals surface area contributed by atoms with E-state index in [1.807, 2.05) is 0 Å². The van der Waals surface area contributed by atoms with E-state index in [0.29, 0.717) is 0 Å². The van der Waals surface area contributed by atoms with Gasteiger partial charge in [0.15, 0.2) is 43.1 Å². The third-order valence-electron chi connectivity index (χ3n) is 12.3. The fourth-order valence-corrected chi connectivity index (χ4v) is 9.17. The number of hydrogen-bond donors (Lipinski definition) is 0. The molecule has 3 saturated heterocycles. The molecule has 5 heterocycles. The van der Waals surface area contributed by atoms with Crippen LogP contribution in [0.3, 0.4) is 0 Å². The van der Waals surface area contributed by atoms with E-state index in [0.717, 1.165) is 54.9 Å². The molecule has 0 bridgehead atoms. The minimum absolute atomic E-state index is 0.0508. The smallest absolute Gasteiger partial charge is 0.337 e. The zero-order valence-corrected chi connectivity index (χ0v) is 42.6. The monoisotopic (exact) mass is 1060 g/mol. The van der Waals surface area contributed by atoms with Crippen LogP contribution in [0.1, 0.15) is 54.4 Å². The third kappa shape index (κ3) is 14.6. The van der Waals surface area contributed by atoms with Gasteiger partial charge in [-0.15, -0.1) is 13.2 Å². The van der Waals surface area contributed by atoms with Gasteiger partial charge in [0.2, 0.25) is 25.2 Å². The SMILES string of the molecule is C=C[C@H]1[C@H](O[C@@H]2O[C@H](COC(C)=O)[C@@H](OC(C)=O)[C@H](OC(C)=O)[C@H]2OC(C)=O)OC=C(C(=O)OC)[C@H]1C[C@@H]1OC[C@H]2O[C@@H](O[C@@H]3OC=C(C(=O)OC)[C@@H](CC(OC)OC)[C@H]3C=C)[C@H](OC(C)=O)[C@@H](OC(C)=O)[C@@H]2O1. The Morgan fingerprint density at radius 2 is 1.04 bits per heavy atom. The summed E-state index contributed by atoms with van der Waals surface area (Å²) in [4.78, 5) is 101. The lowest BCUT2D eigenvalue weighted by molar-refractivity contribution is -0.380. The molecular formula is C48H64O26. The molecule has 0 saturated carbocycles. The summed E-state index contributed by atoms with van der Waals surface area (Å²) in [5, 5.41) is 0. The molecule has 74 heavy (non-hydrogen) atoms. The van der Waals surface area contributed by atoms with Crippen molar-refractivity contribution in [1.82, 2.24) is 0 Å². The Morgan fingerprint density at radius 3 is 1.53 bits per heavy atom. The van der Waals surface area contributed by atoms with Crippen LogP contribution in [0.4, 0.5) is 0 Å². The molecule has 0 unspecified atom stereocenters. The van der Waals surface area contributed by atoms with Crippen LogP contribution >= 0.6 is 0 Å². The Kier molecular flexibility index (Phi) is 21.5. The summed E-state index contributed by atoms with van der Waals surface area (Å²) in [5.74, 6) is -10.1. The van der Waals surface area contributed by atoms with E-state index in [-0.39, 0.29) is 30.6 Å². The van der Waals surface area contributed by atoms with E-state index >= 15 is 0 Å². The van der Waals surface area contributed by atoms with Gasteiger partial charge < -0.3 is 85.3 Å². The Balaban J connectivity index is 1.45. The third-order valence-corrected chi connectivity index (χ3v) is 12.3. The van der Waals surface area contributed by atoms with Crippen molar-refractivity contribution in [2.75, 3.05) is 41.7 Å². The van der Waals surface area contributed by atoms with Gasteiger partial charge in [-0.05, 0) is 0 Å². The van der Waals surface area contributed by atoms with E-state index < -0.39 is 165 Å². The minimum Gasteiger partial charge on any atom is -0.471 e. The van der Waals surface area contributed by atoms with Crippen molar-refractivity contribution in [3.05, 3.63) is 49.0 Å². The number of esters is 8. The highest BCUT2D eigenvalue weighted by molar-refractivity contribution is 5.89. The maximum absolute atomic E-state index is 13.4. The first-order valence-corrected chi connectivity index (χ1v) is 23.2. The maximum Gasteiger partial charge on any atom is 0.337 e. The van der Waals surface area contributed by atoms with Crippen LogP contribution in [0.15, 0.2) is 49.0 Å². The second-order valence-corrected chi connectivity index (χ2v) is 17.2. The first-order chi connectivity index (χ1) is 35.2. The molecule has 3 fully saturated rings. The first-order valence-electron chi connectivity index (χ1n) is 23.2. The van der Waals surface area contributed by atoms with Gasteiger partial charge in [-0.2, -0.15) is 0 Å². The second kappa shape index (κ2) is 27.0. The van der Waals surface area contributed by atoms with E-state index in [1.54, 1.807) is 0 Å². The molecule has 0 aromatic rings. The molecular weight excluding hydrogens is 993 g/mol. The second-order valence-electron chi connectivity index (χ2n) is 17.2. The van der Waals surface area contributed by atoms with Gasteiger partial charge in [-0.1, -0.05) is 12.2 Å². The number of fused-ring (bicyclic) bond motifs is 1. The predicted molar refractivity (Wildman–Crippen MR) is 240 cm³/mol. The molecule has 26 heteroatoms. The van der Waals surface area contributed by atoms with Crippen LogP contribution in [0.2, 0.25) is 0 Å². The number of methoxy groups -OCH3 is 4. The summed E-state index contributed by atoms with van der Waals surface area (Å²) in [7, 11) is 5.19. The fourth-order valence-electron chi connectivity index (χ4n) is 9.17. The first kappa shape index (κ1) is 58.9. The van der Waals surface area contributed by atoms with Crippen LogP contribution in [-0.2, 0) is 124 Å². The summed E-state index contributed by atoms with van der Waals surface area (Å²) in [6.07, 6.45) is -14.3. The molecule has 5 aliphatic rings. The zero-order chi connectivity index (χ0) is 54.6. The fraction of sp³-hybridized carbons (Fsp3) is 0.667. The summed E-state index contributed by atoms with van der Waals surface area (Å²) >= 11 is 0. The van der Waals surface area contributed by atoms with Gasteiger partial charge in [-0.3, -0.25) is 28.8 Å². The standard InChI is InChI=1S/C48H64O26/c1-13-27-29(15-35(57-9)58-10)31(43(55)59-11)17-63-45(27)73-48-42(69-26(8)54)40(67-24(6)52)38-34(71-48)20-62-36(72-38)16-30-28(14-2)46(64-18-32(30)44(56)60-12)74-47-41(68-25(7)53)39(66-23(5)51)37(65-22(4)50)33(70-47)19-61-21(3)49/h13-14,17-18,27-30,33-42,45-48H,1-2,15-16,19-20H2,3-12H3/t27-,28-,29+,30+,33-,34-,36-,37-,38-,39+,40+,41-,42-,45+,46+,47+,48+/m1/s1. The molecule has 0 radical (unpaired) electrons. The Bertz CT molecular complexity index is 2120. The highest BCUT2D eigenvalue weighted by Gasteiger charge is 2.58. The number of carbonyl (C=O) groups excluding carboxylic acids is 8. The van der Waals surface area contributed by atoms with Crippen LogP contribution in [0.25, 0.3) is 0 Å². The topological polar surface area (TPSA) is 303 Å². The van der Waals surface area contributed by atoms with E-state index in [1.165, 1.54) is 39.7 Å². The lowest BCUT2D eigenvalue weighted by Gasteiger charge is -2.49.